The van der Waals surface area contributed by atoms with Crippen LogP contribution < -0.4 is 0 Å². The van der Waals surface area contributed by atoms with Crippen LogP contribution in [0.3, 0.4) is 0 Å². The second-order valence-corrected chi connectivity index (χ2v) is 11.9. The van der Waals surface area contributed by atoms with Gasteiger partial charge in [-0.15, -0.1) is 0 Å². The van der Waals surface area contributed by atoms with E-state index in [0.29, 0.717) is 0 Å². The molecule has 2 aromatic carbocycles. The summed E-state index contributed by atoms with van der Waals surface area (Å²) in [5.74, 6) is 0. The van der Waals surface area contributed by atoms with Crippen molar-refractivity contribution in [3.63, 3.8) is 0 Å². The standard InChI is InChI=1S/C28H41IO3S/c1-25-16-22-28(23-17-25)33(30,31)32-24-14-12-10-8-6-4-2-3-5-7-9-11-13-15-26-18-20-27(29)21-19-26/h16-23H,2-15,24H2,1H3. The summed E-state index contributed by atoms with van der Waals surface area (Å²) < 4.78 is 30.7. The Morgan fingerprint density at radius 1 is 0.636 bits per heavy atom. The van der Waals surface area contributed by atoms with Gasteiger partial charge in [0.15, 0.2) is 0 Å². The van der Waals surface area contributed by atoms with Crippen molar-refractivity contribution >= 4 is 32.7 Å². The van der Waals surface area contributed by atoms with Crippen LogP contribution in [0.1, 0.15) is 94.6 Å². The number of rotatable bonds is 18. The Bertz CT molecular complexity index is 861. The van der Waals surface area contributed by atoms with Gasteiger partial charge in [0.2, 0.25) is 0 Å². The highest BCUT2D eigenvalue weighted by Gasteiger charge is 2.14. The predicted octanol–water partition coefficient (Wildman–Crippen LogP) is 8.62. The maximum atomic E-state index is 12.1. The van der Waals surface area contributed by atoms with Gasteiger partial charge in [-0.25, -0.2) is 0 Å². The monoisotopic (exact) mass is 584 g/mol. The van der Waals surface area contributed by atoms with Crippen LogP contribution in [-0.2, 0) is 20.7 Å². The van der Waals surface area contributed by atoms with Crippen molar-refractivity contribution in [1.82, 2.24) is 0 Å². The smallest absolute Gasteiger partial charge is 0.266 e. The zero-order valence-electron chi connectivity index (χ0n) is 20.2. The first kappa shape index (κ1) is 28.3. The summed E-state index contributed by atoms with van der Waals surface area (Å²) in [6.07, 6.45) is 17.5. The molecule has 33 heavy (non-hydrogen) atoms. The average Bonchev–Trinajstić information content (AvgIpc) is 2.80. The van der Waals surface area contributed by atoms with E-state index >= 15 is 0 Å². The maximum Gasteiger partial charge on any atom is 0.296 e. The summed E-state index contributed by atoms with van der Waals surface area (Å²) >= 11 is 2.36. The molecule has 0 saturated carbocycles. The van der Waals surface area contributed by atoms with Crippen LogP contribution in [0.2, 0.25) is 0 Å². The Labute approximate surface area is 216 Å². The summed E-state index contributed by atoms with van der Waals surface area (Å²) in [6, 6.07) is 15.7. The van der Waals surface area contributed by atoms with E-state index in [0.717, 1.165) is 24.8 Å². The van der Waals surface area contributed by atoms with Crippen molar-refractivity contribution in [3.8, 4) is 0 Å². The minimum Gasteiger partial charge on any atom is -0.266 e. The summed E-state index contributed by atoms with van der Waals surface area (Å²) in [6.45, 7) is 2.22. The molecule has 0 N–H and O–H groups in total. The summed E-state index contributed by atoms with van der Waals surface area (Å²) in [4.78, 5) is 0.245. The van der Waals surface area contributed by atoms with Crippen molar-refractivity contribution in [1.29, 1.82) is 0 Å². The van der Waals surface area contributed by atoms with Crippen LogP contribution in [0.25, 0.3) is 0 Å². The zero-order valence-corrected chi connectivity index (χ0v) is 23.2. The molecule has 184 valence electrons. The Hall–Kier alpha value is -0.920. The van der Waals surface area contributed by atoms with Crippen molar-refractivity contribution < 1.29 is 12.6 Å². The lowest BCUT2D eigenvalue weighted by molar-refractivity contribution is 0.306. The van der Waals surface area contributed by atoms with Crippen molar-refractivity contribution in [2.45, 2.75) is 102 Å². The summed E-state index contributed by atoms with van der Waals surface area (Å²) in [7, 11) is -3.61. The van der Waals surface area contributed by atoms with Crippen LogP contribution in [0.5, 0.6) is 0 Å². The highest BCUT2D eigenvalue weighted by Crippen LogP contribution is 2.16. The third-order valence-corrected chi connectivity index (χ3v) is 8.12. The first-order valence-electron chi connectivity index (χ1n) is 12.7. The Kier molecular flexibility index (Phi) is 14.3. The van der Waals surface area contributed by atoms with E-state index in [4.69, 9.17) is 4.18 Å². The predicted molar refractivity (Wildman–Crippen MR) is 147 cm³/mol. The van der Waals surface area contributed by atoms with Gasteiger partial charge >= 0.3 is 0 Å². The average molecular weight is 585 g/mol. The molecule has 0 atom stereocenters. The van der Waals surface area contributed by atoms with Gasteiger partial charge < -0.3 is 0 Å². The highest BCUT2D eigenvalue weighted by molar-refractivity contribution is 14.1. The number of benzene rings is 2. The second-order valence-electron chi connectivity index (χ2n) is 9.06. The normalized spacial score (nSPS) is 11.7. The van der Waals surface area contributed by atoms with E-state index in [1.54, 1.807) is 24.3 Å². The molecule has 0 amide bonds. The molecule has 0 fully saturated rings. The first-order valence-corrected chi connectivity index (χ1v) is 15.2. The minimum atomic E-state index is -3.61. The summed E-state index contributed by atoms with van der Waals surface area (Å²) in [5.41, 5.74) is 2.51. The molecule has 0 aliphatic carbocycles. The highest BCUT2D eigenvalue weighted by atomic mass is 127. The third kappa shape index (κ3) is 12.9. The lowest BCUT2D eigenvalue weighted by atomic mass is 10.0. The molecule has 0 radical (unpaired) electrons. The molecule has 0 heterocycles. The number of aryl methyl sites for hydroxylation is 2. The van der Waals surface area contributed by atoms with Crippen molar-refractivity contribution in [3.05, 3.63) is 63.2 Å². The molecule has 2 aromatic rings. The van der Waals surface area contributed by atoms with Crippen molar-refractivity contribution in [2.24, 2.45) is 0 Å². The van der Waals surface area contributed by atoms with Crippen LogP contribution in [0.4, 0.5) is 0 Å². The number of hydrogen-bond donors (Lipinski definition) is 0. The Balaban J connectivity index is 1.33. The summed E-state index contributed by atoms with van der Waals surface area (Å²) in [5, 5.41) is 0. The van der Waals surface area contributed by atoms with Crippen LogP contribution in [0, 0.1) is 10.5 Å². The van der Waals surface area contributed by atoms with Gasteiger partial charge in [-0.2, -0.15) is 8.42 Å². The topological polar surface area (TPSA) is 43.4 Å². The van der Waals surface area contributed by atoms with Gasteiger partial charge in [0.05, 0.1) is 11.5 Å². The van der Waals surface area contributed by atoms with E-state index in [1.165, 1.54) is 79.8 Å². The minimum absolute atomic E-state index is 0.245. The quantitative estimate of drug-likeness (QED) is 0.100. The molecule has 0 aliphatic heterocycles. The molecule has 2 rings (SSSR count). The van der Waals surface area contributed by atoms with E-state index in [9.17, 15) is 8.42 Å². The van der Waals surface area contributed by atoms with E-state index in [2.05, 4.69) is 46.9 Å². The molecule has 0 saturated heterocycles. The fourth-order valence-electron chi connectivity index (χ4n) is 3.97. The first-order chi connectivity index (χ1) is 16.0. The van der Waals surface area contributed by atoms with Gasteiger partial charge in [-0.05, 0) is 78.6 Å². The Morgan fingerprint density at radius 2 is 1.09 bits per heavy atom. The van der Waals surface area contributed by atoms with E-state index < -0.39 is 10.1 Å². The fourth-order valence-corrected chi connectivity index (χ4v) is 5.27. The molecule has 5 heteroatoms. The maximum absolute atomic E-state index is 12.1. The van der Waals surface area contributed by atoms with Gasteiger partial charge in [-0.3, -0.25) is 4.18 Å². The number of halogens is 1. The van der Waals surface area contributed by atoms with E-state index in [1.807, 2.05) is 6.92 Å². The van der Waals surface area contributed by atoms with Gasteiger partial charge in [0.25, 0.3) is 10.1 Å². The molecule has 0 unspecified atom stereocenters. The fraction of sp³-hybridized carbons (Fsp3) is 0.571. The van der Waals surface area contributed by atoms with Gasteiger partial charge in [0, 0.05) is 3.57 Å². The lowest BCUT2D eigenvalue weighted by Gasteiger charge is -2.06. The third-order valence-electron chi connectivity index (χ3n) is 6.07. The lowest BCUT2D eigenvalue weighted by Crippen LogP contribution is -2.07. The van der Waals surface area contributed by atoms with Crippen LogP contribution in [0.15, 0.2) is 53.4 Å². The molecule has 3 nitrogen and oxygen atoms in total. The largest absolute Gasteiger partial charge is 0.296 e. The van der Waals surface area contributed by atoms with Crippen LogP contribution >= 0.6 is 22.6 Å². The Morgan fingerprint density at radius 3 is 1.61 bits per heavy atom. The molecule has 0 bridgehead atoms. The molecule has 0 aromatic heterocycles. The molecular weight excluding hydrogens is 543 g/mol. The number of hydrogen-bond acceptors (Lipinski definition) is 3. The molecular formula is C28H41IO3S. The van der Waals surface area contributed by atoms with Gasteiger partial charge in [-0.1, -0.05) is 100 Å². The van der Waals surface area contributed by atoms with Crippen LogP contribution in [-0.4, -0.2) is 15.0 Å². The molecule has 0 spiro atoms. The SMILES string of the molecule is Cc1ccc(S(=O)(=O)OCCCCCCCCCCCCCCCc2ccc(I)cc2)cc1. The second kappa shape index (κ2) is 16.7. The number of unbranched alkanes of at least 4 members (excludes halogenated alkanes) is 12. The molecule has 0 aliphatic rings. The van der Waals surface area contributed by atoms with E-state index in [-0.39, 0.29) is 11.5 Å². The zero-order chi connectivity index (χ0) is 23.8. The van der Waals surface area contributed by atoms with Gasteiger partial charge in [0.1, 0.15) is 0 Å². The van der Waals surface area contributed by atoms with Crippen molar-refractivity contribution in [2.75, 3.05) is 6.61 Å².